The van der Waals surface area contributed by atoms with Crippen LogP contribution in [0.5, 0.6) is 0 Å². The summed E-state index contributed by atoms with van der Waals surface area (Å²) in [5.41, 5.74) is 0. The number of nitrogens with zero attached hydrogens (tertiary/aromatic N) is 1. The topological polar surface area (TPSA) is 15.3 Å². The number of rotatable bonds is 5. The van der Waals surface area contributed by atoms with Gasteiger partial charge in [0, 0.05) is 12.1 Å². The Morgan fingerprint density at radius 1 is 1.36 bits per heavy atom. The minimum atomic E-state index is 0.698. The predicted octanol–water partition coefficient (Wildman–Crippen LogP) is 2.25. The van der Waals surface area contributed by atoms with Gasteiger partial charge < -0.3 is 10.2 Å². The first kappa shape index (κ1) is 12.0. The third-order valence-corrected chi connectivity index (χ3v) is 3.31. The Balaban J connectivity index is 2.16. The second kappa shape index (κ2) is 6.41. The van der Waals surface area contributed by atoms with Crippen molar-refractivity contribution in [3.63, 3.8) is 0 Å². The van der Waals surface area contributed by atoms with Crippen molar-refractivity contribution in [3.8, 4) is 0 Å². The van der Waals surface area contributed by atoms with Crippen molar-refractivity contribution in [2.75, 3.05) is 19.6 Å². The smallest absolute Gasteiger partial charge is 0.00792 e. The summed E-state index contributed by atoms with van der Waals surface area (Å²) in [6.45, 7) is 10.5. The van der Waals surface area contributed by atoms with Gasteiger partial charge in [-0.2, -0.15) is 0 Å². The third-order valence-electron chi connectivity index (χ3n) is 3.31. The molecule has 0 saturated carbocycles. The molecule has 14 heavy (non-hydrogen) atoms. The van der Waals surface area contributed by atoms with Gasteiger partial charge in [0.15, 0.2) is 0 Å². The zero-order valence-electron chi connectivity index (χ0n) is 10.1. The molecule has 0 spiro atoms. The molecule has 0 aliphatic carbocycles. The molecule has 0 aromatic carbocycles. The van der Waals surface area contributed by atoms with Crippen molar-refractivity contribution in [1.82, 2.24) is 10.2 Å². The van der Waals surface area contributed by atoms with Gasteiger partial charge >= 0.3 is 0 Å². The summed E-state index contributed by atoms with van der Waals surface area (Å²) in [5.74, 6) is 0. The van der Waals surface area contributed by atoms with E-state index in [1.807, 2.05) is 0 Å². The van der Waals surface area contributed by atoms with Crippen molar-refractivity contribution in [3.05, 3.63) is 0 Å². The molecule has 0 aromatic heterocycles. The van der Waals surface area contributed by atoms with Crippen LogP contribution in [0.2, 0.25) is 0 Å². The van der Waals surface area contributed by atoms with Crippen LogP contribution in [0.15, 0.2) is 0 Å². The van der Waals surface area contributed by atoms with Crippen molar-refractivity contribution in [2.24, 2.45) is 0 Å². The van der Waals surface area contributed by atoms with E-state index in [4.69, 9.17) is 0 Å². The second-order valence-electron chi connectivity index (χ2n) is 4.66. The molecule has 0 bridgehead atoms. The summed E-state index contributed by atoms with van der Waals surface area (Å²) < 4.78 is 0. The van der Waals surface area contributed by atoms with E-state index in [-0.39, 0.29) is 0 Å². The lowest BCUT2D eigenvalue weighted by molar-refractivity contribution is 0.213. The van der Waals surface area contributed by atoms with Crippen molar-refractivity contribution < 1.29 is 0 Å². The van der Waals surface area contributed by atoms with E-state index in [0.29, 0.717) is 6.04 Å². The summed E-state index contributed by atoms with van der Waals surface area (Å²) in [6.07, 6.45) is 5.51. The zero-order valence-corrected chi connectivity index (χ0v) is 10.1. The molecule has 1 rings (SSSR count). The van der Waals surface area contributed by atoms with Crippen LogP contribution in [0.3, 0.4) is 0 Å². The van der Waals surface area contributed by atoms with E-state index in [1.165, 1.54) is 45.3 Å². The highest BCUT2D eigenvalue weighted by atomic mass is 15.1. The molecule has 2 heteroatoms. The molecule has 1 fully saturated rings. The maximum Gasteiger partial charge on any atom is 0.00792 e. The first-order valence-corrected chi connectivity index (χ1v) is 6.21. The fourth-order valence-corrected chi connectivity index (χ4v) is 2.27. The zero-order chi connectivity index (χ0) is 10.4. The number of hydrogen-bond donors (Lipinski definition) is 1. The van der Waals surface area contributed by atoms with Gasteiger partial charge in [-0.25, -0.2) is 0 Å². The van der Waals surface area contributed by atoms with Gasteiger partial charge in [0.1, 0.15) is 0 Å². The molecular weight excluding hydrogens is 172 g/mol. The molecule has 2 nitrogen and oxygen atoms in total. The van der Waals surface area contributed by atoms with Crippen LogP contribution in [0.4, 0.5) is 0 Å². The minimum absolute atomic E-state index is 0.698. The van der Waals surface area contributed by atoms with Gasteiger partial charge in [-0.3, -0.25) is 0 Å². The Hall–Kier alpha value is -0.0800. The quantitative estimate of drug-likeness (QED) is 0.729. The SMILES string of the molecule is CCN(CCC1CCCCN1)C(C)C. The average Bonchev–Trinajstić information content (AvgIpc) is 2.20. The maximum atomic E-state index is 3.61. The molecule has 1 saturated heterocycles. The van der Waals surface area contributed by atoms with E-state index in [9.17, 15) is 0 Å². The molecule has 1 N–H and O–H groups in total. The van der Waals surface area contributed by atoms with Crippen molar-refractivity contribution in [1.29, 1.82) is 0 Å². The summed E-state index contributed by atoms with van der Waals surface area (Å²) in [4.78, 5) is 2.55. The van der Waals surface area contributed by atoms with Crippen LogP contribution in [0, 0.1) is 0 Å². The molecule has 1 aliphatic rings. The van der Waals surface area contributed by atoms with E-state index in [2.05, 4.69) is 31.0 Å². The molecule has 0 aromatic rings. The van der Waals surface area contributed by atoms with Crippen LogP contribution in [0.25, 0.3) is 0 Å². The Kier molecular flexibility index (Phi) is 5.49. The maximum absolute atomic E-state index is 3.61. The second-order valence-corrected chi connectivity index (χ2v) is 4.66. The molecule has 1 heterocycles. The summed E-state index contributed by atoms with van der Waals surface area (Å²) in [5, 5.41) is 3.61. The van der Waals surface area contributed by atoms with Gasteiger partial charge in [0.25, 0.3) is 0 Å². The lowest BCUT2D eigenvalue weighted by atomic mass is 10.0. The fraction of sp³-hybridized carbons (Fsp3) is 1.00. The highest BCUT2D eigenvalue weighted by molar-refractivity contribution is 4.74. The summed E-state index contributed by atoms with van der Waals surface area (Å²) >= 11 is 0. The molecule has 1 atom stereocenters. The van der Waals surface area contributed by atoms with Gasteiger partial charge in [-0.1, -0.05) is 13.3 Å². The Morgan fingerprint density at radius 3 is 2.64 bits per heavy atom. The van der Waals surface area contributed by atoms with Gasteiger partial charge in [-0.05, 0) is 52.7 Å². The first-order chi connectivity index (χ1) is 6.74. The van der Waals surface area contributed by atoms with Gasteiger partial charge in [0.2, 0.25) is 0 Å². The van der Waals surface area contributed by atoms with E-state index < -0.39 is 0 Å². The Morgan fingerprint density at radius 2 is 2.14 bits per heavy atom. The van der Waals surface area contributed by atoms with E-state index in [1.54, 1.807) is 0 Å². The highest BCUT2D eigenvalue weighted by Gasteiger charge is 2.14. The normalized spacial score (nSPS) is 23.4. The molecule has 84 valence electrons. The highest BCUT2D eigenvalue weighted by Crippen LogP contribution is 2.11. The lowest BCUT2D eigenvalue weighted by Gasteiger charge is -2.29. The monoisotopic (exact) mass is 198 g/mol. The average molecular weight is 198 g/mol. The first-order valence-electron chi connectivity index (χ1n) is 6.21. The van der Waals surface area contributed by atoms with Crippen LogP contribution in [-0.2, 0) is 0 Å². The van der Waals surface area contributed by atoms with Crippen molar-refractivity contribution in [2.45, 2.75) is 58.5 Å². The standard InChI is InChI=1S/C12H26N2/c1-4-14(11(2)3)10-8-12-7-5-6-9-13-12/h11-13H,4-10H2,1-3H3. The number of nitrogens with one attached hydrogen (secondary N) is 1. The number of hydrogen-bond acceptors (Lipinski definition) is 2. The van der Waals surface area contributed by atoms with Crippen LogP contribution in [-0.4, -0.2) is 36.6 Å². The van der Waals surface area contributed by atoms with E-state index >= 15 is 0 Å². The molecule has 0 amide bonds. The molecule has 1 unspecified atom stereocenters. The summed E-state index contributed by atoms with van der Waals surface area (Å²) in [7, 11) is 0. The Bertz CT molecular complexity index is 139. The van der Waals surface area contributed by atoms with Crippen molar-refractivity contribution >= 4 is 0 Å². The van der Waals surface area contributed by atoms with Crippen LogP contribution < -0.4 is 5.32 Å². The summed E-state index contributed by atoms with van der Waals surface area (Å²) in [6, 6.07) is 1.49. The van der Waals surface area contributed by atoms with Crippen LogP contribution in [0.1, 0.15) is 46.5 Å². The third kappa shape index (κ3) is 3.97. The van der Waals surface area contributed by atoms with Crippen LogP contribution >= 0.6 is 0 Å². The van der Waals surface area contributed by atoms with E-state index in [0.717, 1.165) is 6.04 Å². The molecule has 1 aliphatic heterocycles. The predicted molar refractivity (Wildman–Crippen MR) is 62.6 cm³/mol. The van der Waals surface area contributed by atoms with Gasteiger partial charge in [0.05, 0.1) is 0 Å². The largest absolute Gasteiger partial charge is 0.314 e. The molecular formula is C12H26N2. The Labute approximate surface area is 89.1 Å². The van der Waals surface area contributed by atoms with Gasteiger partial charge in [-0.15, -0.1) is 0 Å². The lowest BCUT2D eigenvalue weighted by Crippen LogP contribution is -2.39. The minimum Gasteiger partial charge on any atom is -0.314 e. The molecule has 0 radical (unpaired) electrons. The fourth-order valence-electron chi connectivity index (χ4n) is 2.27. The number of piperidine rings is 1.